The zero-order chi connectivity index (χ0) is 19.7. The summed E-state index contributed by atoms with van der Waals surface area (Å²) in [6.45, 7) is 2.05. The van der Waals surface area contributed by atoms with Crippen molar-refractivity contribution < 1.29 is 9.90 Å². The fraction of sp³-hybridized carbons (Fsp3) is 0.864. The smallest absolute Gasteiger partial charge is 0.303 e. The quantitative estimate of drug-likeness (QED) is 0.318. The monoisotopic (exact) mass is 379 g/mol. The Kier molecular flexibility index (Phi) is 13.7. The van der Waals surface area contributed by atoms with Crippen molar-refractivity contribution in [3.8, 4) is 0 Å². The molecule has 0 aromatic carbocycles. The van der Waals surface area contributed by atoms with Gasteiger partial charge in [-0.3, -0.25) is 9.48 Å². The third kappa shape index (κ3) is 12.6. The van der Waals surface area contributed by atoms with Gasteiger partial charge in [-0.15, -0.1) is 5.10 Å². The molecule has 1 aromatic rings. The van der Waals surface area contributed by atoms with Gasteiger partial charge in [-0.1, -0.05) is 88.7 Å². The van der Waals surface area contributed by atoms with Gasteiger partial charge in [0.1, 0.15) is 0 Å². The summed E-state index contributed by atoms with van der Waals surface area (Å²) < 4.78 is 1.91. The van der Waals surface area contributed by atoms with Crippen LogP contribution in [0.15, 0.2) is 0 Å². The van der Waals surface area contributed by atoms with Crippen molar-refractivity contribution >= 4 is 5.97 Å². The first-order valence-electron chi connectivity index (χ1n) is 11.2. The van der Waals surface area contributed by atoms with E-state index >= 15 is 0 Å². The standard InChI is InChI=1S/C22H41N3O2/c1-20-21(25(2)24-23-20)18-16-14-12-10-8-6-4-3-5-7-9-11-13-15-17-19-22(26)27/h3-19H2,1-2H3,(H,26,27). The van der Waals surface area contributed by atoms with Crippen LogP contribution < -0.4 is 0 Å². The molecule has 0 bridgehead atoms. The van der Waals surface area contributed by atoms with Crippen molar-refractivity contribution in [2.75, 3.05) is 0 Å². The first kappa shape index (κ1) is 23.6. The summed E-state index contributed by atoms with van der Waals surface area (Å²) in [4.78, 5) is 10.4. The molecule has 0 unspecified atom stereocenters. The summed E-state index contributed by atoms with van der Waals surface area (Å²) >= 11 is 0. The Morgan fingerprint density at radius 3 is 1.56 bits per heavy atom. The van der Waals surface area contributed by atoms with E-state index in [1.165, 1.54) is 89.2 Å². The molecule has 0 radical (unpaired) electrons. The first-order valence-corrected chi connectivity index (χ1v) is 11.2. The minimum absolute atomic E-state index is 0.335. The molecule has 0 saturated heterocycles. The molecule has 0 fully saturated rings. The van der Waals surface area contributed by atoms with Gasteiger partial charge < -0.3 is 5.11 Å². The zero-order valence-electron chi connectivity index (χ0n) is 17.7. The third-order valence-corrected chi connectivity index (χ3v) is 5.44. The number of aliphatic carboxylic acids is 1. The van der Waals surface area contributed by atoms with Gasteiger partial charge in [0.25, 0.3) is 0 Å². The average Bonchev–Trinajstić information content (AvgIpc) is 2.95. The van der Waals surface area contributed by atoms with Gasteiger partial charge in [0, 0.05) is 13.5 Å². The molecular formula is C22H41N3O2. The first-order chi connectivity index (χ1) is 13.1. The lowest BCUT2D eigenvalue weighted by molar-refractivity contribution is -0.137. The molecule has 1 heterocycles. The lowest BCUT2D eigenvalue weighted by Crippen LogP contribution is -1.99. The predicted molar refractivity (Wildman–Crippen MR) is 111 cm³/mol. The SMILES string of the molecule is Cc1nnn(C)c1CCCCCCCCCCCCCCCCCC(=O)O. The predicted octanol–water partition coefficient (Wildman–Crippen LogP) is 5.99. The maximum absolute atomic E-state index is 10.4. The minimum atomic E-state index is -0.660. The Morgan fingerprint density at radius 2 is 1.19 bits per heavy atom. The van der Waals surface area contributed by atoms with E-state index in [1.54, 1.807) is 0 Å². The van der Waals surface area contributed by atoms with Crippen LogP contribution in [0.2, 0.25) is 0 Å². The highest BCUT2D eigenvalue weighted by molar-refractivity contribution is 5.66. The average molecular weight is 380 g/mol. The number of carboxylic acid groups (broad SMARTS) is 1. The van der Waals surface area contributed by atoms with Gasteiger partial charge in [0.05, 0.1) is 11.4 Å². The number of nitrogens with zero attached hydrogens (tertiary/aromatic N) is 3. The van der Waals surface area contributed by atoms with Gasteiger partial charge in [-0.05, 0) is 26.2 Å². The van der Waals surface area contributed by atoms with E-state index in [4.69, 9.17) is 5.11 Å². The number of hydrogen-bond acceptors (Lipinski definition) is 3. The summed E-state index contributed by atoms with van der Waals surface area (Å²) in [6, 6.07) is 0. The molecule has 27 heavy (non-hydrogen) atoms. The molecule has 0 aliphatic carbocycles. The molecule has 0 aliphatic heterocycles. The Morgan fingerprint density at radius 1 is 0.778 bits per heavy atom. The van der Waals surface area contributed by atoms with Gasteiger partial charge in [-0.2, -0.15) is 0 Å². The summed E-state index contributed by atoms with van der Waals surface area (Å²) in [5, 5.41) is 16.7. The molecule has 1 aromatic heterocycles. The molecule has 0 spiro atoms. The number of hydrogen-bond donors (Lipinski definition) is 1. The van der Waals surface area contributed by atoms with Gasteiger partial charge in [0.2, 0.25) is 0 Å². The Balaban J connectivity index is 1.75. The lowest BCUT2D eigenvalue weighted by atomic mass is 10.0. The topological polar surface area (TPSA) is 68.0 Å². The highest BCUT2D eigenvalue weighted by atomic mass is 16.4. The van der Waals surface area contributed by atoms with Crippen molar-refractivity contribution in [2.45, 2.75) is 116 Å². The van der Waals surface area contributed by atoms with Crippen molar-refractivity contribution in [3.63, 3.8) is 0 Å². The van der Waals surface area contributed by atoms with E-state index in [2.05, 4.69) is 10.3 Å². The normalized spacial score (nSPS) is 11.2. The molecule has 0 aliphatic rings. The van der Waals surface area contributed by atoms with Crippen LogP contribution in [0, 0.1) is 6.92 Å². The highest BCUT2D eigenvalue weighted by Crippen LogP contribution is 2.14. The molecule has 5 nitrogen and oxygen atoms in total. The molecular weight excluding hydrogens is 338 g/mol. The van der Waals surface area contributed by atoms with Gasteiger partial charge >= 0.3 is 5.97 Å². The number of carbonyl (C=O) groups is 1. The van der Waals surface area contributed by atoms with Crippen molar-refractivity contribution in [3.05, 3.63) is 11.4 Å². The Hall–Kier alpha value is -1.39. The van der Waals surface area contributed by atoms with E-state index in [0.29, 0.717) is 6.42 Å². The summed E-state index contributed by atoms with van der Waals surface area (Å²) in [5.74, 6) is -0.660. The molecule has 0 atom stereocenters. The minimum Gasteiger partial charge on any atom is -0.481 e. The fourth-order valence-electron chi connectivity index (χ4n) is 3.69. The molecule has 1 N–H and O–H groups in total. The lowest BCUT2D eigenvalue weighted by Gasteiger charge is -2.04. The van der Waals surface area contributed by atoms with Crippen LogP contribution in [-0.2, 0) is 18.3 Å². The Bertz CT molecular complexity index is 480. The second-order valence-electron chi connectivity index (χ2n) is 7.94. The van der Waals surface area contributed by atoms with Crippen LogP contribution >= 0.6 is 0 Å². The number of rotatable bonds is 18. The summed E-state index contributed by atoms with van der Waals surface area (Å²) in [5.41, 5.74) is 2.37. The number of aryl methyl sites for hydroxylation is 2. The Labute approximate surface area is 165 Å². The summed E-state index contributed by atoms with van der Waals surface area (Å²) in [7, 11) is 1.98. The largest absolute Gasteiger partial charge is 0.481 e. The van der Waals surface area contributed by atoms with E-state index in [9.17, 15) is 4.79 Å². The van der Waals surface area contributed by atoms with Crippen LogP contribution in [0.3, 0.4) is 0 Å². The van der Waals surface area contributed by atoms with E-state index < -0.39 is 5.97 Å². The van der Waals surface area contributed by atoms with Crippen LogP contribution in [0.25, 0.3) is 0 Å². The van der Waals surface area contributed by atoms with Crippen molar-refractivity contribution in [1.29, 1.82) is 0 Å². The molecule has 5 heteroatoms. The fourth-order valence-corrected chi connectivity index (χ4v) is 3.69. The van der Waals surface area contributed by atoms with E-state index in [0.717, 1.165) is 25.0 Å². The van der Waals surface area contributed by atoms with Crippen LogP contribution in [-0.4, -0.2) is 26.1 Å². The van der Waals surface area contributed by atoms with Gasteiger partial charge in [0.15, 0.2) is 0 Å². The van der Waals surface area contributed by atoms with Crippen LogP contribution in [0.4, 0.5) is 0 Å². The number of carboxylic acids is 1. The molecule has 0 saturated carbocycles. The van der Waals surface area contributed by atoms with Gasteiger partial charge in [-0.25, -0.2) is 0 Å². The summed E-state index contributed by atoms with van der Waals surface area (Å²) in [6.07, 6.45) is 20.7. The maximum atomic E-state index is 10.4. The second-order valence-corrected chi connectivity index (χ2v) is 7.94. The van der Waals surface area contributed by atoms with Crippen LogP contribution in [0.1, 0.15) is 114 Å². The molecule has 156 valence electrons. The van der Waals surface area contributed by atoms with Crippen molar-refractivity contribution in [1.82, 2.24) is 15.0 Å². The second kappa shape index (κ2) is 15.6. The highest BCUT2D eigenvalue weighted by Gasteiger charge is 2.05. The maximum Gasteiger partial charge on any atom is 0.303 e. The molecule has 1 rings (SSSR count). The zero-order valence-corrected chi connectivity index (χ0v) is 17.7. The van der Waals surface area contributed by atoms with E-state index in [1.807, 2.05) is 18.7 Å². The molecule has 0 amide bonds. The van der Waals surface area contributed by atoms with E-state index in [-0.39, 0.29) is 0 Å². The third-order valence-electron chi connectivity index (χ3n) is 5.44. The number of aromatic nitrogens is 3. The van der Waals surface area contributed by atoms with Crippen LogP contribution in [0.5, 0.6) is 0 Å². The van der Waals surface area contributed by atoms with Crippen molar-refractivity contribution in [2.24, 2.45) is 7.05 Å². The number of unbranched alkanes of at least 4 members (excludes halogenated alkanes) is 14.